The van der Waals surface area contributed by atoms with Crippen molar-refractivity contribution in [1.82, 2.24) is 10.2 Å². The van der Waals surface area contributed by atoms with Gasteiger partial charge in [-0.2, -0.15) is 13.2 Å². The smallest absolute Gasteiger partial charge is 0.317 e. The highest BCUT2D eigenvalue weighted by molar-refractivity contribution is 5.85. The zero-order valence-electron chi connectivity index (χ0n) is 11.8. The van der Waals surface area contributed by atoms with Crippen LogP contribution in [0.25, 0.3) is 0 Å². The molecule has 1 N–H and O–H groups in total. The van der Waals surface area contributed by atoms with Gasteiger partial charge in [-0.05, 0) is 44.6 Å². The van der Waals surface area contributed by atoms with E-state index in [4.69, 9.17) is 0 Å². The number of nitrogens with zero attached hydrogens (tertiary/aromatic N) is 1. The van der Waals surface area contributed by atoms with E-state index >= 15 is 0 Å². The van der Waals surface area contributed by atoms with Crippen LogP contribution in [0.4, 0.5) is 13.2 Å². The Kier molecular flexibility index (Phi) is 8.63. The fourth-order valence-electron chi connectivity index (χ4n) is 2.51. The fraction of sp³-hybridized carbons (Fsp3) is 0.571. The van der Waals surface area contributed by atoms with Crippen molar-refractivity contribution in [3.05, 3.63) is 35.4 Å². The van der Waals surface area contributed by atoms with Gasteiger partial charge in [0.25, 0.3) is 0 Å². The summed E-state index contributed by atoms with van der Waals surface area (Å²) in [5.41, 5.74) is 0.152. The molecule has 7 heteroatoms. The van der Waals surface area contributed by atoms with Gasteiger partial charge >= 0.3 is 6.18 Å². The van der Waals surface area contributed by atoms with Crippen molar-refractivity contribution >= 4 is 24.8 Å². The van der Waals surface area contributed by atoms with Gasteiger partial charge in [-0.25, -0.2) is 0 Å². The monoisotopic (exact) mass is 344 g/mol. The van der Waals surface area contributed by atoms with Crippen molar-refractivity contribution in [2.24, 2.45) is 0 Å². The molecule has 1 saturated heterocycles. The summed E-state index contributed by atoms with van der Waals surface area (Å²) < 4.78 is 37.9. The summed E-state index contributed by atoms with van der Waals surface area (Å²) in [6, 6.07) is 6.06. The van der Waals surface area contributed by atoms with E-state index in [9.17, 15) is 13.2 Å². The molecule has 0 radical (unpaired) electrons. The predicted octanol–water partition coefficient (Wildman–Crippen LogP) is 3.73. The molecule has 0 aliphatic carbocycles. The Morgan fingerprint density at radius 1 is 1.19 bits per heavy atom. The van der Waals surface area contributed by atoms with Crippen LogP contribution in [0.2, 0.25) is 0 Å². The molecule has 1 fully saturated rings. The number of nitrogens with one attached hydrogen (secondary N) is 1. The van der Waals surface area contributed by atoms with Crippen molar-refractivity contribution in [3.63, 3.8) is 0 Å². The average Bonchev–Trinajstić information content (AvgIpc) is 2.39. The van der Waals surface area contributed by atoms with E-state index in [0.717, 1.165) is 37.6 Å². The molecule has 0 spiro atoms. The third kappa shape index (κ3) is 6.02. The molecule has 122 valence electrons. The van der Waals surface area contributed by atoms with Crippen molar-refractivity contribution in [2.45, 2.75) is 31.6 Å². The standard InChI is InChI=1S/C14H19F3N2.2ClH/c1-19(13-5-7-18-8-6-13)10-11-3-2-4-12(9-11)14(15,16)17;;/h2-4,9,13,18H,5-8,10H2,1H3;2*1H. The third-order valence-electron chi connectivity index (χ3n) is 3.62. The van der Waals surface area contributed by atoms with Gasteiger partial charge in [-0.15, -0.1) is 24.8 Å². The van der Waals surface area contributed by atoms with E-state index in [-0.39, 0.29) is 24.8 Å². The van der Waals surface area contributed by atoms with Crippen LogP contribution in [0.3, 0.4) is 0 Å². The van der Waals surface area contributed by atoms with Crippen LogP contribution in [0.1, 0.15) is 24.0 Å². The third-order valence-corrected chi connectivity index (χ3v) is 3.62. The van der Waals surface area contributed by atoms with Crippen LogP contribution in [0.15, 0.2) is 24.3 Å². The molecule has 0 unspecified atom stereocenters. The number of alkyl halides is 3. The molecular weight excluding hydrogens is 324 g/mol. The SMILES string of the molecule is CN(Cc1cccc(C(F)(F)F)c1)C1CCNCC1.Cl.Cl. The topological polar surface area (TPSA) is 15.3 Å². The van der Waals surface area contributed by atoms with E-state index in [1.807, 2.05) is 7.05 Å². The number of hydrogen-bond donors (Lipinski definition) is 1. The first-order valence-corrected chi connectivity index (χ1v) is 6.54. The summed E-state index contributed by atoms with van der Waals surface area (Å²) >= 11 is 0. The highest BCUT2D eigenvalue weighted by Gasteiger charge is 2.30. The van der Waals surface area contributed by atoms with Gasteiger partial charge in [0.15, 0.2) is 0 Å². The lowest BCUT2D eigenvalue weighted by Crippen LogP contribution is -2.40. The molecule has 21 heavy (non-hydrogen) atoms. The summed E-state index contributed by atoms with van der Waals surface area (Å²) in [6.07, 6.45) is -2.16. The molecule has 0 bridgehead atoms. The predicted molar refractivity (Wildman–Crippen MR) is 83.3 cm³/mol. The maximum Gasteiger partial charge on any atom is 0.416 e. The van der Waals surface area contributed by atoms with E-state index < -0.39 is 11.7 Å². The Morgan fingerprint density at radius 2 is 1.81 bits per heavy atom. The van der Waals surface area contributed by atoms with E-state index in [1.54, 1.807) is 6.07 Å². The van der Waals surface area contributed by atoms with Crippen molar-refractivity contribution in [1.29, 1.82) is 0 Å². The Bertz CT molecular complexity index is 421. The van der Waals surface area contributed by atoms with Crippen LogP contribution in [0, 0.1) is 0 Å². The normalized spacial score (nSPS) is 16.2. The molecule has 1 aromatic carbocycles. The number of hydrogen-bond acceptors (Lipinski definition) is 2. The van der Waals surface area contributed by atoms with Crippen molar-refractivity contribution in [3.8, 4) is 0 Å². The highest BCUT2D eigenvalue weighted by atomic mass is 35.5. The average molecular weight is 345 g/mol. The second-order valence-corrected chi connectivity index (χ2v) is 5.09. The summed E-state index contributed by atoms with van der Waals surface area (Å²) in [5, 5.41) is 3.29. The van der Waals surface area contributed by atoms with Gasteiger partial charge in [0.05, 0.1) is 5.56 Å². The molecule has 1 aromatic rings. The maximum atomic E-state index is 12.6. The molecule has 0 atom stereocenters. The van der Waals surface area contributed by atoms with Crippen LogP contribution >= 0.6 is 24.8 Å². The zero-order valence-corrected chi connectivity index (χ0v) is 13.5. The minimum atomic E-state index is -4.26. The molecule has 1 aliphatic heterocycles. The van der Waals surface area contributed by atoms with Crippen molar-refractivity contribution < 1.29 is 13.2 Å². The molecule has 0 aromatic heterocycles. The van der Waals surface area contributed by atoms with Crippen LogP contribution in [-0.4, -0.2) is 31.1 Å². The molecule has 1 heterocycles. The second kappa shape index (κ2) is 8.83. The van der Waals surface area contributed by atoms with Gasteiger partial charge in [0.1, 0.15) is 0 Å². The lowest BCUT2D eigenvalue weighted by molar-refractivity contribution is -0.137. The lowest BCUT2D eigenvalue weighted by atomic mass is 10.0. The van der Waals surface area contributed by atoms with Crippen molar-refractivity contribution in [2.75, 3.05) is 20.1 Å². The fourth-order valence-corrected chi connectivity index (χ4v) is 2.51. The van der Waals surface area contributed by atoms with Gasteiger partial charge in [-0.1, -0.05) is 18.2 Å². The summed E-state index contributed by atoms with van der Waals surface area (Å²) in [7, 11) is 1.98. The maximum absolute atomic E-state index is 12.6. The Hall–Kier alpha value is -0.490. The van der Waals surface area contributed by atoms with Gasteiger partial charge in [0, 0.05) is 12.6 Å². The van der Waals surface area contributed by atoms with Gasteiger partial charge < -0.3 is 5.32 Å². The van der Waals surface area contributed by atoms with Crippen LogP contribution in [-0.2, 0) is 12.7 Å². The minimum Gasteiger partial charge on any atom is -0.317 e. The Morgan fingerprint density at radius 3 is 2.38 bits per heavy atom. The number of piperidine rings is 1. The molecule has 0 amide bonds. The van der Waals surface area contributed by atoms with E-state index in [2.05, 4.69) is 10.2 Å². The first-order chi connectivity index (χ1) is 8.97. The zero-order chi connectivity index (χ0) is 13.9. The van der Waals surface area contributed by atoms with E-state index in [1.165, 1.54) is 12.1 Å². The van der Waals surface area contributed by atoms with Gasteiger partial charge in [0.2, 0.25) is 0 Å². The first-order valence-electron chi connectivity index (χ1n) is 6.54. The molecular formula is C14H21Cl2F3N2. The number of halogens is 5. The van der Waals surface area contributed by atoms with E-state index in [0.29, 0.717) is 12.6 Å². The highest BCUT2D eigenvalue weighted by Crippen LogP contribution is 2.29. The van der Waals surface area contributed by atoms with Crippen LogP contribution in [0.5, 0.6) is 0 Å². The van der Waals surface area contributed by atoms with Gasteiger partial charge in [-0.3, -0.25) is 4.90 Å². The quantitative estimate of drug-likeness (QED) is 0.898. The van der Waals surface area contributed by atoms with Crippen LogP contribution < -0.4 is 5.32 Å². The summed E-state index contributed by atoms with van der Waals surface area (Å²) in [5.74, 6) is 0. The minimum absolute atomic E-state index is 0. The Balaban J connectivity index is 0.00000200. The molecule has 0 saturated carbocycles. The summed E-state index contributed by atoms with van der Waals surface area (Å²) in [6.45, 7) is 2.53. The lowest BCUT2D eigenvalue weighted by Gasteiger charge is -2.31. The number of rotatable bonds is 3. The largest absolute Gasteiger partial charge is 0.416 e. The second-order valence-electron chi connectivity index (χ2n) is 5.09. The number of benzene rings is 1. The molecule has 2 rings (SSSR count). The Labute approximate surface area is 135 Å². The first kappa shape index (κ1) is 20.5. The molecule has 1 aliphatic rings. The summed E-state index contributed by atoms with van der Waals surface area (Å²) in [4.78, 5) is 2.15. The molecule has 2 nitrogen and oxygen atoms in total.